The molecule has 0 aromatic heterocycles. The smallest absolute Gasteiger partial charge is 0.119 e. The third kappa shape index (κ3) is 14.9. The van der Waals surface area contributed by atoms with Gasteiger partial charge in [-0.05, 0) is 36.5 Å². The van der Waals surface area contributed by atoms with E-state index in [-0.39, 0.29) is 0 Å². The number of rotatable bonds is 14. The molecule has 0 heterocycles. The van der Waals surface area contributed by atoms with Crippen LogP contribution < -0.4 is 0 Å². The van der Waals surface area contributed by atoms with Gasteiger partial charge in [0.15, 0.2) is 0 Å². The van der Waals surface area contributed by atoms with Crippen LogP contribution in [-0.4, -0.2) is 13.2 Å². The topological polar surface area (TPSA) is 35.5 Å². The summed E-state index contributed by atoms with van der Waals surface area (Å²) in [6.07, 6.45) is 7.20. The van der Waals surface area contributed by atoms with Crippen molar-refractivity contribution in [3.63, 3.8) is 0 Å². The van der Waals surface area contributed by atoms with Crippen LogP contribution in [0.2, 0.25) is 0 Å². The second kappa shape index (κ2) is 13.5. The van der Waals surface area contributed by atoms with Crippen molar-refractivity contribution in [3.8, 4) is 0 Å². The summed E-state index contributed by atoms with van der Waals surface area (Å²) >= 11 is 0. The van der Waals surface area contributed by atoms with Gasteiger partial charge < -0.3 is 0 Å². The standard InChI is InChI=1S/C18H38O3P/c1-15(2)9-7-11-17(5)13-20-22(19)21-14-18(6)12-8-10-16(3)4/h15-18H,7-14H2,1-6H3/q+1/t17-,18-/m1/s1. The predicted molar refractivity (Wildman–Crippen MR) is 95.2 cm³/mol. The quantitative estimate of drug-likeness (QED) is 0.336. The van der Waals surface area contributed by atoms with Crippen molar-refractivity contribution in [1.82, 2.24) is 0 Å². The molecule has 0 unspecified atom stereocenters. The van der Waals surface area contributed by atoms with E-state index in [1.807, 2.05) is 0 Å². The molecule has 0 saturated carbocycles. The Morgan fingerprint density at radius 3 is 1.36 bits per heavy atom. The van der Waals surface area contributed by atoms with Crippen molar-refractivity contribution < 1.29 is 13.6 Å². The normalized spacial score (nSPS) is 14.5. The molecule has 2 atom stereocenters. The summed E-state index contributed by atoms with van der Waals surface area (Å²) in [5.74, 6) is 2.41. The third-order valence-electron chi connectivity index (χ3n) is 3.89. The molecule has 0 saturated heterocycles. The molecule has 3 nitrogen and oxygen atoms in total. The Balaban J connectivity index is 3.59. The Morgan fingerprint density at radius 2 is 1.05 bits per heavy atom. The van der Waals surface area contributed by atoms with Crippen LogP contribution >= 0.6 is 8.25 Å². The number of hydrogen-bond acceptors (Lipinski definition) is 3. The SMILES string of the molecule is CC(C)CCC[C@@H](C)CO[P+](=O)OC[C@H](C)CCCC(C)C. The lowest BCUT2D eigenvalue weighted by atomic mass is 10.0. The maximum Gasteiger partial charge on any atom is 0.697 e. The fraction of sp³-hybridized carbons (Fsp3) is 1.00. The van der Waals surface area contributed by atoms with Crippen molar-refractivity contribution >= 4 is 8.25 Å². The van der Waals surface area contributed by atoms with Gasteiger partial charge in [0.25, 0.3) is 0 Å². The molecule has 22 heavy (non-hydrogen) atoms. The largest absolute Gasteiger partial charge is 0.697 e. The zero-order valence-corrected chi connectivity index (χ0v) is 16.5. The zero-order valence-electron chi connectivity index (χ0n) is 15.6. The van der Waals surface area contributed by atoms with Gasteiger partial charge in [0.2, 0.25) is 0 Å². The summed E-state index contributed by atoms with van der Waals surface area (Å²) in [6, 6.07) is 0. The van der Waals surface area contributed by atoms with E-state index in [1.54, 1.807) is 0 Å². The first kappa shape index (κ1) is 22.0. The van der Waals surface area contributed by atoms with Gasteiger partial charge in [-0.3, -0.25) is 0 Å². The molecule has 0 rings (SSSR count). The summed E-state index contributed by atoms with van der Waals surface area (Å²) in [5, 5.41) is 0. The first-order chi connectivity index (χ1) is 10.3. The molecule has 0 amide bonds. The van der Waals surface area contributed by atoms with Crippen LogP contribution in [0.1, 0.15) is 80.1 Å². The van der Waals surface area contributed by atoms with Crippen LogP contribution in [0.25, 0.3) is 0 Å². The van der Waals surface area contributed by atoms with Crippen molar-refractivity contribution in [2.24, 2.45) is 23.7 Å². The Morgan fingerprint density at radius 1 is 0.682 bits per heavy atom. The molecule has 4 heteroatoms. The Bertz CT molecular complexity index is 254. The summed E-state index contributed by atoms with van der Waals surface area (Å²) in [6.45, 7) is 14.4. The minimum Gasteiger partial charge on any atom is -0.119 e. The molecule has 0 bridgehead atoms. The highest BCUT2D eigenvalue weighted by molar-refractivity contribution is 7.33. The average molecular weight is 333 g/mol. The number of hydrogen-bond donors (Lipinski definition) is 0. The van der Waals surface area contributed by atoms with Crippen molar-refractivity contribution in [2.75, 3.05) is 13.2 Å². The average Bonchev–Trinajstić information content (AvgIpc) is 2.42. The highest BCUT2D eigenvalue weighted by Crippen LogP contribution is 2.27. The van der Waals surface area contributed by atoms with E-state index in [0.29, 0.717) is 25.0 Å². The lowest BCUT2D eigenvalue weighted by Crippen LogP contribution is -2.06. The fourth-order valence-electron chi connectivity index (χ4n) is 2.33. The summed E-state index contributed by atoms with van der Waals surface area (Å²) < 4.78 is 22.4. The molecule has 0 aliphatic carbocycles. The first-order valence-electron chi connectivity index (χ1n) is 9.04. The summed E-state index contributed by atoms with van der Waals surface area (Å²) in [4.78, 5) is 0. The maximum absolute atomic E-state index is 11.7. The minimum atomic E-state index is -1.95. The molecular formula is C18H38O3P+. The zero-order chi connectivity index (χ0) is 17.0. The molecule has 0 spiro atoms. The molecule has 0 fully saturated rings. The van der Waals surface area contributed by atoms with Crippen LogP contribution in [0.5, 0.6) is 0 Å². The van der Waals surface area contributed by atoms with Crippen molar-refractivity contribution in [3.05, 3.63) is 0 Å². The van der Waals surface area contributed by atoms with E-state index in [1.165, 1.54) is 25.7 Å². The van der Waals surface area contributed by atoms with Crippen molar-refractivity contribution in [2.45, 2.75) is 80.1 Å². The van der Waals surface area contributed by atoms with E-state index in [0.717, 1.165) is 24.7 Å². The molecular weight excluding hydrogens is 295 g/mol. The van der Waals surface area contributed by atoms with E-state index >= 15 is 0 Å². The van der Waals surface area contributed by atoms with Gasteiger partial charge in [-0.15, -0.1) is 9.05 Å². The molecule has 0 aliphatic heterocycles. The van der Waals surface area contributed by atoms with Crippen LogP contribution in [0, 0.1) is 23.7 Å². The molecule has 0 radical (unpaired) electrons. The molecule has 132 valence electrons. The molecule has 0 aliphatic rings. The highest BCUT2D eigenvalue weighted by atomic mass is 31.1. The van der Waals surface area contributed by atoms with E-state index in [4.69, 9.17) is 9.05 Å². The van der Waals surface area contributed by atoms with Gasteiger partial charge in [-0.25, -0.2) is 0 Å². The molecule has 0 N–H and O–H groups in total. The minimum absolute atomic E-state index is 0.449. The van der Waals surface area contributed by atoms with Crippen LogP contribution in [0.3, 0.4) is 0 Å². The van der Waals surface area contributed by atoms with Gasteiger partial charge in [0.1, 0.15) is 13.2 Å². The summed E-state index contributed by atoms with van der Waals surface area (Å²) in [5.41, 5.74) is 0. The second-order valence-corrected chi connectivity index (χ2v) is 8.64. The van der Waals surface area contributed by atoms with Gasteiger partial charge in [-0.2, -0.15) is 0 Å². The van der Waals surface area contributed by atoms with Crippen LogP contribution in [0.15, 0.2) is 0 Å². The molecule has 0 aromatic rings. The Kier molecular flexibility index (Phi) is 13.5. The lowest BCUT2D eigenvalue weighted by Gasteiger charge is -2.09. The highest BCUT2D eigenvalue weighted by Gasteiger charge is 2.23. The maximum atomic E-state index is 11.7. The first-order valence-corrected chi connectivity index (χ1v) is 10.1. The fourth-order valence-corrected chi connectivity index (χ4v) is 3.16. The summed E-state index contributed by atoms with van der Waals surface area (Å²) in [7, 11) is -1.95. The second-order valence-electron chi connectivity index (χ2n) is 7.67. The van der Waals surface area contributed by atoms with E-state index < -0.39 is 8.25 Å². The van der Waals surface area contributed by atoms with Crippen molar-refractivity contribution in [1.29, 1.82) is 0 Å². The lowest BCUT2D eigenvalue weighted by molar-refractivity contribution is 0.177. The predicted octanol–water partition coefficient (Wildman–Crippen LogP) is 6.60. The van der Waals surface area contributed by atoms with E-state index in [9.17, 15) is 4.57 Å². The monoisotopic (exact) mass is 333 g/mol. The van der Waals surface area contributed by atoms with Gasteiger partial charge >= 0.3 is 8.25 Å². The third-order valence-corrected chi connectivity index (χ3v) is 4.61. The Hall–Kier alpha value is 0.0200. The molecule has 0 aromatic carbocycles. The van der Waals surface area contributed by atoms with Gasteiger partial charge in [0.05, 0.1) is 0 Å². The Labute approximate surface area is 139 Å². The van der Waals surface area contributed by atoms with Gasteiger partial charge in [-0.1, -0.05) is 67.2 Å². The van der Waals surface area contributed by atoms with E-state index in [2.05, 4.69) is 41.5 Å². The van der Waals surface area contributed by atoms with Crippen LogP contribution in [0.4, 0.5) is 0 Å². The van der Waals surface area contributed by atoms with Crippen LogP contribution in [-0.2, 0) is 13.6 Å². The van der Waals surface area contributed by atoms with Gasteiger partial charge in [0, 0.05) is 4.57 Å².